The number of hydrogen-bond donors (Lipinski definition) is 0. The van der Waals surface area contributed by atoms with E-state index in [1.807, 2.05) is 26.0 Å². The molecule has 2 rings (SSSR count). The Morgan fingerprint density at radius 2 is 1.95 bits per heavy atom. The molecule has 0 atom stereocenters. The third kappa shape index (κ3) is 3.50. The first-order valence-electron chi connectivity index (χ1n) is 6.77. The Kier molecular flexibility index (Phi) is 4.61. The average molecular weight is 276 g/mol. The van der Waals surface area contributed by atoms with Crippen LogP contribution in [0.25, 0.3) is 0 Å². The lowest BCUT2D eigenvalue weighted by Crippen LogP contribution is -2.48. The number of amides is 2. The maximum atomic E-state index is 11.9. The molecule has 0 aromatic heterocycles. The van der Waals surface area contributed by atoms with E-state index in [2.05, 4.69) is 6.07 Å². The molecule has 5 heteroatoms. The van der Waals surface area contributed by atoms with E-state index in [4.69, 9.17) is 4.74 Å². The van der Waals surface area contributed by atoms with Crippen LogP contribution in [-0.4, -0.2) is 48.5 Å². The van der Waals surface area contributed by atoms with Gasteiger partial charge in [-0.15, -0.1) is 0 Å². The first-order valence-corrected chi connectivity index (χ1v) is 6.77. The van der Waals surface area contributed by atoms with Crippen LogP contribution in [-0.2, 0) is 16.1 Å². The van der Waals surface area contributed by atoms with Crippen molar-refractivity contribution in [2.45, 2.75) is 20.5 Å². The smallest absolute Gasteiger partial charge is 0.410 e. The van der Waals surface area contributed by atoms with Crippen LogP contribution in [0.2, 0.25) is 0 Å². The maximum Gasteiger partial charge on any atom is 0.410 e. The molecule has 5 nitrogen and oxygen atoms in total. The molecule has 1 aliphatic rings. The van der Waals surface area contributed by atoms with Crippen LogP contribution in [0.3, 0.4) is 0 Å². The molecule has 1 heterocycles. The summed E-state index contributed by atoms with van der Waals surface area (Å²) < 4.78 is 5.34. The van der Waals surface area contributed by atoms with E-state index in [9.17, 15) is 9.59 Å². The van der Waals surface area contributed by atoms with Crippen molar-refractivity contribution in [3.8, 4) is 0 Å². The van der Waals surface area contributed by atoms with Crippen LogP contribution >= 0.6 is 0 Å². The zero-order valence-electron chi connectivity index (χ0n) is 12.0. The second-order valence-electron chi connectivity index (χ2n) is 5.11. The SMILES string of the molecule is Cc1ccc(COC(=O)N2CCN(C=O)CC2)c(C)c1. The summed E-state index contributed by atoms with van der Waals surface area (Å²) in [4.78, 5) is 25.8. The topological polar surface area (TPSA) is 49.9 Å². The lowest BCUT2D eigenvalue weighted by molar-refractivity contribution is -0.119. The van der Waals surface area contributed by atoms with Crippen molar-refractivity contribution in [3.63, 3.8) is 0 Å². The van der Waals surface area contributed by atoms with Crippen molar-refractivity contribution in [1.29, 1.82) is 0 Å². The average Bonchev–Trinajstić information content (AvgIpc) is 2.46. The third-order valence-corrected chi connectivity index (χ3v) is 3.57. The van der Waals surface area contributed by atoms with E-state index in [1.165, 1.54) is 5.56 Å². The Morgan fingerprint density at radius 1 is 1.25 bits per heavy atom. The number of aryl methyl sites for hydroxylation is 2. The van der Waals surface area contributed by atoms with Gasteiger partial charge in [-0.25, -0.2) is 4.79 Å². The van der Waals surface area contributed by atoms with Crippen LogP contribution < -0.4 is 0 Å². The predicted octanol–water partition coefficient (Wildman–Crippen LogP) is 1.71. The second kappa shape index (κ2) is 6.41. The summed E-state index contributed by atoms with van der Waals surface area (Å²) >= 11 is 0. The van der Waals surface area contributed by atoms with Crippen molar-refractivity contribution in [2.75, 3.05) is 26.2 Å². The van der Waals surface area contributed by atoms with Crippen LogP contribution in [0.15, 0.2) is 18.2 Å². The molecule has 0 radical (unpaired) electrons. The van der Waals surface area contributed by atoms with Gasteiger partial charge in [-0.2, -0.15) is 0 Å². The minimum atomic E-state index is -0.310. The Morgan fingerprint density at radius 3 is 2.55 bits per heavy atom. The monoisotopic (exact) mass is 276 g/mol. The minimum absolute atomic E-state index is 0.291. The van der Waals surface area contributed by atoms with Gasteiger partial charge in [0.1, 0.15) is 6.61 Å². The third-order valence-electron chi connectivity index (χ3n) is 3.57. The fraction of sp³-hybridized carbons (Fsp3) is 0.467. The van der Waals surface area contributed by atoms with Gasteiger partial charge in [-0.05, 0) is 25.0 Å². The molecule has 1 aromatic rings. The minimum Gasteiger partial charge on any atom is -0.445 e. The molecule has 0 unspecified atom stereocenters. The molecule has 1 fully saturated rings. The molecule has 0 saturated carbocycles. The van der Waals surface area contributed by atoms with E-state index in [0.29, 0.717) is 32.8 Å². The molecule has 0 N–H and O–H groups in total. The van der Waals surface area contributed by atoms with Crippen molar-refractivity contribution in [2.24, 2.45) is 0 Å². The molecule has 108 valence electrons. The number of benzene rings is 1. The molecule has 0 aliphatic carbocycles. The lowest BCUT2D eigenvalue weighted by Gasteiger charge is -2.31. The molecule has 1 aliphatic heterocycles. The van der Waals surface area contributed by atoms with Gasteiger partial charge in [-0.3, -0.25) is 4.79 Å². The maximum absolute atomic E-state index is 11.9. The van der Waals surface area contributed by atoms with Gasteiger partial charge in [0.05, 0.1) is 0 Å². The summed E-state index contributed by atoms with van der Waals surface area (Å²) in [6.07, 6.45) is 0.508. The lowest BCUT2D eigenvalue weighted by atomic mass is 10.1. The molecule has 0 spiro atoms. The number of carbonyl (C=O) groups excluding carboxylic acids is 2. The van der Waals surface area contributed by atoms with Crippen molar-refractivity contribution in [1.82, 2.24) is 9.80 Å². The highest BCUT2D eigenvalue weighted by atomic mass is 16.6. The molecule has 1 saturated heterocycles. The van der Waals surface area contributed by atoms with Crippen LogP contribution in [0.5, 0.6) is 0 Å². The molecular weight excluding hydrogens is 256 g/mol. The van der Waals surface area contributed by atoms with Gasteiger partial charge < -0.3 is 14.5 Å². The van der Waals surface area contributed by atoms with Crippen LogP contribution in [0, 0.1) is 13.8 Å². The van der Waals surface area contributed by atoms with E-state index < -0.39 is 0 Å². The van der Waals surface area contributed by atoms with Gasteiger partial charge in [0.2, 0.25) is 6.41 Å². The van der Waals surface area contributed by atoms with E-state index >= 15 is 0 Å². The fourth-order valence-corrected chi connectivity index (χ4v) is 2.25. The predicted molar refractivity (Wildman–Crippen MR) is 75.3 cm³/mol. The fourth-order valence-electron chi connectivity index (χ4n) is 2.25. The summed E-state index contributed by atoms with van der Waals surface area (Å²) in [5.41, 5.74) is 3.35. The number of hydrogen-bond acceptors (Lipinski definition) is 3. The van der Waals surface area contributed by atoms with Gasteiger partial charge in [0.15, 0.2) is 0 Å². The second-order valence-corrected chi connectivity index (χ2v) is 5.11. The van der Waals surface area contributed by atoms with Crippen molar-refractivity contribution in [3.05, 3.63) is 34.9 Å². The Hall–Kier alpha value is -2.04. The largest absolute Gasteiger partial charge is 0.445 e. The summed E-state index contributed by atoms with van der Waals surface area (Å²) in [6, 6.07) is 6.08. The number of ether oxygens (including phenoxy) is 1. The highest BCUT2D eigenvalue weighted by molar-refractivity contribution is 5.68. The van der Waals surface area contributed by atoms with E-state index in [-0.39, 0.29) is 6.09 Å². The zero-order valence-corrected chi connectivity index (χ0v) is 12.0. The number of nitrogens with zero attached hydrogens (tertiary/aromatic N) is 2. The number of carbonyl (C=O) groups is 2. The Labute approximate surface area is 119 Å². The summed E-state index contributed by atoms with van der Waals surface area (Å²) in [5, 5.41) is 0. The highest BCUT2D eigenvalue weighted by Crippen LogP contribution is 2.12. The summed E-state index contributed by atoms with van der Waals surface area (Å²) in [7, 11) is 0. The standard InChI is InChI=1S/C15H20N2O3/c1-12-3-4-14(13(2)9-12)10-20-15(19)17-7-5-16(11-18)6-8-17/h3-4,9,11H,5-8,10H2,1-2H3. The molecule has 1 aromatic carbocycles. The molecule has 20 heavy (non-hydrogen) atoms. The van der Waals surface area contributed by atoms with Crippen molar-refractivity contribution < 1.29 is 14.3 Å². The number of rotatable bonds is 3. The van der Waals surface area contributed by atoms with Gasteiger partial charge in [-0.1, -0.05) is 23.8 Å². The molecule has 0 bridgehead atoms. The normalized spacial score (nSPS) is 15.1. The van der Waals surface area contributed by atoms with E-state index in [1.54, 1.807) is 9.80 Å². The van der Waals surface area contributed by atoms with Crippen LogP contribution in [0.4, 0.5) is 4.79 Å². The molecular formula is C15H20N2O3. The quantitative estimate of drug-likeness (QED) is 0.790. The van der Waals surface area contributed by atoms with Gasteiger partial charge in [0, 0.05) is 26.2 Å². The first-order chi connectivity index (χ1) is 9.60. The summed E-state index contributed by atoms with van der Waals surface area (Å²) in [5.74, 6) is 0. The highest BCUT2D eigenvalue weighted by Gasteiger charge is 2.21. The van der Waals surface area contributed by atoms with Crippen LogP contribution in [0.1, 0.15) is 16.7 Å². The van der Waals surface area contributed by atoms with Gasteiger partial charge in [0.25, 0.3) is 0 Å². The Balaban J connectivity index is 1.85. The number of piperazine rings is 1. The summed E-state index contributed by atoms with van der Waals surface area (Å²) in [6.45, 7) is 6.55. The Bertz CT molecular complexity index is 494. The molecule has 2 amide bonds. The van der Waals surface area contributed by atoms with Crippen molar-refractivity contribution >= 4 is 12.5 Å². The van der Waals surface area contributed by atoms with Gasteiger partial charge >= 0.3 is 6.09 Å². The zero-order chi connectivity index (χ0) is 14.5. The van der Waals surface area contributed by atoms with E-state index in [0.717, 1.165) is 17.5 Å². The first kappa shape index (κ1) is 14.4.